The topological polar surface area (TPSA) is 153 Å². The molecule has 6 atom stereocenters. The Balaban J connectivity index is 1.50. The first-order valence-corrected chi connectivity index (χ1v) is 14.7. The minimum Gasteiger partial charge on any atom is -0.458 e. The maximum Gasteiger partial charge on any atom is 0.407 e. The number of rotatable bonds is 11. The highest BCUT2D eigenvalue weighted by Gasteiger charge is 2.49. The van der Waals surface area contributed by atoms with Crippen LogP contribution in [0.1, 0.15) is 37.5 Å². The highest BCUT2D eigenvalue weighted by Crippen LogP contribution is 2.24. The fourth-order valence-electron chi connectivity index (χ4n) is 4.70. The first-order valence-electron chi connectivity index (χ1n) is 14.7. The van der Waals surface area contributed by atoms with Crippen molar-refractivity contribution in [1.29, 1.82) is 0 Å². The Bertz CT molecular complexity index is 1380. The van der Waals surface area contributed by atoms with Crippen LogP contribution in [0.15, 0.2) is 91.0 Å². The number of carbonyl (C=O) groups is 3. The summed E-state index contributed by atoms with van der Waals surface area (Å²) in [6.45, 7) is 5.11. The standard InChI is InChI=1S/C34H40N2O9/c1-34(2,3)45-31(40)25(19-22-13-7-4-8-14-22)35-30(39)29-28(38)27(37)26(32(44-29)42-20-23-15-9-5-10-16-23)36-33(41)43-21-24-17-11-6-12-18-24/h4-18,25-29,32,37-38H,19-21H2,1-3H3,(H,35,39)(H,36,41)/t25-,26+,27+,28+,29-,32-/m0/s1. The lowest BCUT2D eigenvalue weighted by atomic mass is 9.95. The third-order valence-corrected chi connectivity index (χ3v) is 6.91. The predicted molar refractivity (Wildman–Crippen MR) is 163 cm³/mol. The average molecular weight is 621 g/mol. The van der Waals surface area contributed by atoms with E-state index in [1.54, 1.807) is 69.3 Å². The van der Waals surface area contributed by atoms with Gasteiger partial charge in [0.15, 0.2) is 12.4 Å². The smallest absolute Gasteiger partial charge is 0.407 e. The second kappa shape index (κ2) is 15.6. The lowest BCUT2D eigenvalue weighted by Gasteiger charge is -2.42. The zero-order valence-corrected chi connectivity index (χ0v) is 25.5. The molecule has 0 saturated carbocycles. The van der Waals surface area contributed by atoms with Gasteiger partial charge in [-0.3, -0.25) is 4.79 Å². The van der Waals surface area contributed by atoms with Crippen molar-refractivity contribution < 1.29 is 43.5 Å². The summed E-state index contributed by atoms with van der Waals surface area (Å²) >= 11 is 0. The van der Waals surface area contributed by atoms with E-state index >= 15 is 0 Å². The van der Waals surface area contributed by atoms with Crippen LogP contribution in [0.2, 0.25) is 0 Å². The molecule has 0 aromatic heterocycles. The molecule has 0 spiro atoms. The van der Waals surface area contributed by atoms with Crippen LogP contribution in [0.4, 0.5) is 4.79 Å². The van der Waals surface area contributed by atoms with E-state index in [1.165, 1.54) is 0 Å². The first-order chi connectivity index (χ1) is 21.5. The first kappa shape index (κ1) is 33.6. The van der Waals surface area contributed by atoms with E-state index in [9.17, 15) is 24.6 Å². The van der Waals surface area contributed by atoms with Crippen LogP contribution < -0.4 is 10.6 Å². The normalized spacial score (nSPS) is 22.1. The molecule has 11 nitrogen and oxygen atoms in total. The van der Waals surface area contributed by atoms with Crippen molar-refractivity contribution in [3.8, 4) is 0 Å². The van der Waals surface area contributed by atoms with Gasteiger partial charge in [-0.15, -0.1) is 0 Å². The van der Waals surface area contributed by atoms with Crippen LogP contribution >= 0.6 is 0 Å². The van der Waals surface area contributed by atoms with E-state index in [-0.39, 0.29) is 19.6 Å². The molecule has 240 valence electrons. The molecule has 1 fully saturated rings. The maximum atomic E-state index is 13.6. The molecule has 1 saturated heterocycles. The molecule has 45 heavy (non-hydrogen) atoms. The van der Waals surface area contributed by atoms with Crippen molar-refractivity contribution in [3.05, 3.63) is 108 Å². The largest absolute Gasteiger partial charge is 0.458 e. The summed E-state index contributed by atoms with van der Waals surface area (Å²) in [5.41, 5.74) is 1.46. The number of nitrogens with one attached hydrogen (secondary N) is 2. The van der Waals surface area contributed by atoms with Gasteiger partial charge in [-0.05, 0) is 37.5 Å². The van der Waals surface area contributed by atoms with E-state index in [0.717, 1.165) is 16.7 Å². The quantitative estimate of drug-likeness (QED) is 0.237. The molecule has 0 unspecified atom stereocenters. The second-order valence-electron chi connectivity index (χ2n) is 11.7. The molecule has 4 N–H and O–H groups in total. The van der Waals surface area contributed by atoms with E-state index in [0.29, 0.717) is 0 Å². The fraction of sp³-hybridized carbons (Fsp3) is 0.382. The van der Waals surface area contributed by atoms with E-state index in [1.807, 2.05) is 42.5 Å². The highest BCUT2D eigenvalue weighted by molar-refractivity contribution is 5.88. The van der Waals surface area contributed by atoms with Crippen LogP contribution in [0.5, 0.6) is 0 Å². The third-order valence-electron chi connectivity index (χ3n) is 6.91. The van der Waals surface area contributed by atoms with Crippen LogP contribution in [-0.2, 0) is 48.2 Å². The van der Waals surface area contributed by atoms with Crippen molar-refractivity contribution in [3.63, 3.8) is 0 Å². The molecular formula is C34H40N2O9. The van der Waals surface area contributed by atoms with Crippen molar-refractivity contribution in [2.24, 2.45) is 0 Å². The van der Waals surface area contributed by atoms with Gasteiger partial charge in [0, 0.05) is 6.42 Å². The van der Waals surface area contributed by atoms with Crippen molar-refractivity contribution >= 4 is 18.0 Å². The molecule has 0 radical (unpaired) electrons. The van der Waals surface area contributed by atoms with Crippen LogP contribution in [-0.4, -0.2) is 70.5 Å². The van der Waals surface area contributed by atoms with E-state index in [4.69, 9.17) is 18.9 Å². The molecule has 11 heteroatoms. The molecule has 0 bridgehead atoms. The number of alkyl carbamates (subject to hydrolysis) is 1. The lowest BCUT2D eigenvalue weighted by Crippen LogP contribution is -2.67. The zero-order chi connectivity index (χ0) is 32.4. The predicted octanol–water partition coefficient (Wildman–Crippen LogP) is 3.01. The Hall–Kier alpha value is -4.29. The third kappa shape index (κ3) is 10.1. The summed E-state index contributed by atoms with van der Waals surface area (Å²) in [5.74, 6) is -1.55. The summed E-state index contributed by atoms with van der Waals surface area (Å²) in [5, 5.41) is 27.3. The second-order valence-corrected chi connectivity index (χ2v) is 11.7. The highest BCUT2D eigenvalue weighted by atomic mass is 16.7. The Morgan fingerprint density at radius 3 is 1.89 bits per heavy atom. The Morgan fingerprint density at radius 1 is 0.800 bits per heavy atom. The van der Waals surface area contributed by atoms with Gasteiger partial charge >= 0.3 is 12.1 Å². The molecule has 4 rings (SSSR count). The van der Waals surface area contributed by atoms with E-state index < -0.39 is 60.3 Å². The van der Waals surface area contributed by atoms with Crippen molar-refractivity contribution in [2.75, 3.05) is 0 Å². The van der Waals surface area contributed by atoms with Gasteiger partial charge in [0.25, 0.3) is 5.91 Å². The van der Waals surface area contributed by atoms with E-state index in [2.05, 4.69) is 10.6 Å². The molecule has 2 amide bonds. The van der Waals surface area contributed by atoms with Crippen molar-refractivity contribution in [1.82, 2.24) is 10.6 Å². The fourth-order valence-corrected chi connectivity index (χ4v) is 4.70. The van der Waals surface area contributed by atoms with Crippen LogP contribution in [0.25, 0.3) is 0 Å². The van der Waals surface area contributed by atoms with Gasteiger partial charge in [-0.25, -0.2) is 9.59 Å². The number of hydrogen-bond acceptors (Lipinski definition) is 9. The van der Waals surface area contributed by atoms with Crippen molar-refractivity contribution in [2.45, 2.75) is 82.7 Å². The summed E-state index contributed by atoms with van der Waals surface area (Å²) in [6, 6.07) is 24.7. The Kier molecular flexibility index (Phi) is 11.7. The van der Waals surface area contributed by atoms with Crippen LogP contribution in [0, 0.1) is 0 Å². The number of ether oxygens (including phenoxy) is 4. The number of carbonyl (C=O) groups excluding carboxylic acids is 3. The summed E-state index contributed by atoms with van der Waals surface area (Å²) in [4.78, 5) is 39.4. The monoisotopic (exact) mass is 620 g/mol. The molecule has 0 aliphatic carbocycles. The van der Waals surface area contributed by atoms with Gasteiger partial charge in [-0.1, -0.05) is 91.0 Å². The van der Waals surface area contributed by atoms with Crippen LogP contribution in [0.3, 0.4) is 0 Å². The molecule has 1 aliphatic heterocycles. The Labute approximate surface area is 262 Å². The molecule has 3 aromatic carbocycles. The summed E-state index contributed by atoms with van der Waals surface area (Å²) < 4.78 is 22.6. The minimum absolute atomic E-state index is 0.00838. The van der Waals surface area contributed by atoms with Gasteiger partial charge < -0.3 is 39.8 Å². The summed E-state index contributed by atoms with van der Waals surface area (Å²) in [7, 11) is 0. The molecule has 1 aliphatic rings. The zero-order valence-electron chi connectivity index (χ0n) is 25.5. The number of aliphatic hydroxyl groups excluding tert-OH is 2. The van der Waals surface area contributed by atoms with Gasteiger partial charge in [0.2, 0.25) is 0 Å². The molecule has 3 aromatic rings. The Morgan fingerprint density at radius 2 is 1.33 bits per heavy atom. The maximum absolute atomic E-state index is 13.6. The number of amides is 2. The number of aliphatic hydroxyl groups is 2. The van der Waals surface area contributed by atoms with Gasteiger partial charge in [-0.2, -0.15) is 0 Å². The molecule has 1 heterocycles. The average Bonchev–Trinajstić information content (AvgIpc) is 3.02. The number of benzene rings is 3. The number of hydrogen-bond donors (Lipinski definition) is 4. The van der Waals surface area contributed by atoms with Gasteiger partial charge in [0.1, 0.15) is 36.5 Å². The SMILES string of the molecule is CC(C)(C)OC(=O)[C@H](Cc1ccccc1)NC(=O)[C@H]1O[C@H](OCc2ccccc2)[C@H](NC(=O)OCc2ccccc2)[C@@H](O)[C@H]1O. The lowest BCUT2D eigenvalue weighted by molar-refractivity contribution is -0.262. The van der Waals surface area contributed by atoms with Gasteiger partial charge in [0.05, 0.1) is 6.61 Å². The molecular weight excluding hydrogens is 580 g/mol. The summed E-state index contributed by atoms with van der Waals surface area (Å²) in [6.07, 6.45) is -7.30. The minimum atomic E-state index is -1.79. The number of esters is 1.